The van der Waals surface area contributed by atoms with Crippen LogP contribution in [0.25, 0.3) is 5.76 Å². The molecule has 0 spiro atoms. The molecule has 0 aliphatic heterocycles. The van der Waals surface area contributed by atoms with Crippen LogP contribution < -0.4 is 0 Å². The van der Waals surface area contributed by atoms with Gasteiger partial charge in [-0.2, -0.15) is 0 Å². The molecule has 0 aliphatic rings. The summed E-state index contributed by atoms with van der Waals surface area (Å²) in [7, 11) is -3.58. The third-order valence-electron chi connectivity index (χ3n) is 7.98. The number of halogens is 12. The SMILES string of the molecule is O=C(/C=C(\OB(F)F)c1ccc(C(c2ccc[nH]2)c2c(F)c(F)c(F)c(F)c2F)[nH]1)c1ccc(C(c2ccc[nH]2)c2c(F)c(F)c(F)c(F)c2F)[nH]1. The van der Waals surface area contributed by atoms with E-state index in [-0.39, 0.29) is 22.8 Å². The molecule has 2 aromatic carbocycles. The fourth-order valence-electron chi connectivity index (χ4n) is 5.67. The van der Waals surface area contributed by atoms with Gasteiger partial charge in [-0.25, -0.2) is 52.5 Å². The number of aromatic amines is 4. The van der Waals surface area contributed by atoms with Crippen LogP contribution in [0.15, 0.2) is 67.0 Å². The van der Waals surface area contributed by atoms with E-state index in [4.69, 9.17) is 0 Å². The van der Waals surface area contributed by atoms with Crippen molar-refractivity contribution in [3.8, 4) is 0 Å². The second-order valence-corrected chi connectivity index (χ2v) is 11.0. The molecule has 0 saturated carbocycles. The minimum Gasteiger partial charge on any atom is -0.503 e. The molecule has 0 fully saturated rings. The Morgan fingerprint density at radius 1 is 0.538 bits per heavy atom. The van der Waals surface area contributed by atoms with Crippen molar-refractivity contribution < 1.29 is 62.0 Å². The molecular formula is C33H17BF12N4O2. The number of hydrogen-bond acceptors (Lipinski definition) is 2. The van der Waals surface area contributed by atoms with Gasteiger partial charge in [0, 0.05) is 52.4 Å². The van der Waals surface area contributed by atoms with Crippen molar-refractivity contribution in [1.29, 1.82) is 0 Å². The number of carbonyl (C=O) groups excluding carboxylic acids is 1. The summed E-state index contributed by atoms with van der Waals surface area (Å²) < 4.78 is 176. The van der Waals surface area contributed by atoms with Crippen molar-refractivity contribution in [1.82, 2.24) is 19.9 Å². The second kappa shape index (κ2) is 14.0. The van der Waals surface area contributed by atoms with Crippen molar-refractivity contribution in [2.24, 2.45) is 0 Å². The Labute approximate surface area is 283 Å². The van der Waals surface area contributed by atoms with E-state index in [1.165, 1.54) is 36.7 Å². The van der Waals surface area contributed by atoms with Gasteiger partial charge in [0.15, 0.2) is 46.5 Å². The average Bonchev–Trinajstić information content (AvgIpc) is 3.96. The van der Waals surface area contributed by atoms with E-state index in [2.05, 4.69) is 24.6 Å². The standard InChI is InChI=1S/C33H17BF12N4O2/c35-24-22(25(36)29(40)32(43)28(24)39)20(14-3-1-9-47-14)16-7-5-12(49-16)18(51)11-19(52-34(45)46)13-6-8-17(50-13)21(15-4-2-10-48-15)23-26(37)30(41)33(44)31(42)27(23)38/h1-11,20-21,47-50H/b19-11-. The number of carbonyl (C=O) groups is 1. The molecule has 2 atom stereocenters. The third-order valence-corrected chi connectivity index (χ3v) is 7.98. The van der Waals surface area contributed by atoms with Gasteiger partial charge in [-0.15, -0.1) is 0 Å². The highest BCUT2D eigenvalue weighted by Gasteiger charge is 2.35. The van der Waals surface area contributed by atoms with Crippen LogP contribution in [-0.2, 0) is 4.65 Å². The fraction of sp³-hybridized carbons (Fsp3) is 0.0606. The Bertz CT molecular complexity index is 2260. The van der Waals surface area contributed by atoms with Crippen LogP contribution in [0.1, 0.15) is 61.9 Å². The monoisotopic (exact) mass is 740 g/mol. The van der Waals surface area contributed by atoms with E-state index in [0.717, 1.165) is 24.3 Å². The van der Waals surface area contributed by atoms with Crippen LogP contribution in [0, 0.1) is 58.2 Å². The zero-order chi connectivity index (χ0) is 37.6. The lowest BCUT2D eigenvalue weighted by Gasteiger charge is -2.18. The van der Waals surface area contributed by atoms with Gasteiger partial charge in [0.2, 0.25) is 17.4 Å². The Hall–Kier alpha value is -6.01. The van der Waals surface area contributed by atoms with Gasteiger partial charge < -0.3 is 24.6 Å². The largest absolute Gasteiger partial charge is 0.796 e. The molecule has 6 rings (SSSR count). The highest BCUT2D eigenvalue weighted by Crippen LogP contribution is 2.39. The molecule has 19 heteroatoms. The number of ketones is 1. The first kappa shape index (κ1) is 35.8. The summed E-state index contributed by atoms with van der Waals surface area (Å²) in [5.41, 5.74) is -4.24. The number of benzene rings is 2. The summed E-state index contributed by atoms with van der Waals surface area (Å²) in [6.07, 6.45) is 3.07. The predicted octanol–water partition coefficient (Wildman–Crippen LogP) is 8.91. The predicted molar refractivity (Wildman–Crippen MR) is 159 cm³/mol. The number of aromatic nitrogens is 4. The highest BCUT2D eigenvalue weighted by molar-refractivity contribution is 6.36. The number of nitrogens with one attached hydrogen (secondary N) is 4. The van der Waals surface area contributed by atoms with Crippen LogP contribution in [-0.4, -0.2) is 33.2 Å². The lowest BCUT2D eigenvalue weighted by Crippen LogP contribution is -2.15. The van der Waals surface area contributed by atoms with Crippen LogP contribution in [0.4, 0.5) is 52.5 Å². The van der Waals surface area contributed by atoms with Crippen LogP contribution in [0.2, 0.25) is 0 Å². The number of hydrogen-bond donors (Lipinski definition) is 4. The third kappa shape index (κ3) is 6.26. The Morgan fingerprint density at radius 2 is 0.923 bits per heavy atom. The van der Waals surface area contributed by atoms with Crippen LogP contribution in [0.5, 0.6) is 0 Å². The Balaban J connectivity index is 1.40. The summed E-state index contributed by atoms with van der Waals surface area (Å²) in [5, 5.41) is 0. The van der Waals surface area contributed by atoms with E-state index < -0.39 is 112 Å². The molecule has 2 unspecified atom stereocenters. The van der Waals surface area contributed by atoms with Crippen LogP contribution >= 0.6 is 0 Å². The second-order valence-electron chi connectivity index (χ2n) is 11.0. The Kier molecular flexibility index (Phi) is 9.61. The van der Waals surface area contributed by atoms with Crippen molar-refractivity contribution >= 4 is 19.0 Å². The van der Waals surface area contributed by atoms with Gasteiger partial charge in [0.05, 0.1) is 23.2 Å². The number of allylic oxidation sites excluding steroid dienone is 1. The quantitative estimate of drug-likeness (QED) is 0.0203. The molecule has 6 aromatic rings. The maximum atomic E-state index is 15.0. The summed E-state index contributed by atoms with van der Waals surface area (Å²) in [5.74, 6) is -28.0. The minimum absolute atomic E-state index is 0.0781. The molecule has 0 radical (unpaired) electrons. The molecule has 0 amide bonds. The Morgan fingerprint density at radius 3 is 1.31 bits per heavy atom. The first-order valence-corrected chi connectivity index (χ1v) is 14.6. The van der Waals surface area contributed by atoms with Gasteiger partial charge >= 0.3 is 7.47 Å². The molecule has 6 nitrogen and oxygen atoms in total. The fourth-order valence-corrected chi connectivity index (χ4v) is 5.67. The minimum atomic E-state index is -3.58. The molecule has 268 valence electrons. The van der Waals surface area contributed by atoms with E-state index in [9.17, 15) is 57.3 Å². The zero-order valence-corrected chi connectivity index (χ0v) is 25.4. The maximum absolute atomic E-state index is 15.0. The first-order valence-electron chi connectivity index (χ1n) is 14.6. The molecule has 0 aliphatic carbocycles. The van der Waals surface area contributed by atoms with Gasteiger partial charge in [-0.05, 0) is 48.5 Å². The zero-order valence-electron chi connectivity index (χ0n) is 25.4. The average molecular weight is 740 g/mol. The lowest BCUT2D eigenvalue weighted by atomic mass is 9.91. The van der Waals surface area contributed by atoms with Gasteiger partial charge in [0.1, 0.15) is 5.76 Å². The van der Waals surface area contributed by atoms with Crippen LogP contribution in [0.3, 0.4) is 0 Å². The number of rotatable bonds is 11. The summed E-state index contributed by atoms with van der Waals surface area (Å²) in [6.45, 7) is 0. The maximum Gasteiger partial charge on any atom is 0.796 e. The smallest absolute Gasteiger partial charge is 0.503 e. The number of H-pyrrole nitrogens is 4. The first-order chi connectivity index (χ1) is 24.7. The lowest BCUT2D eigenvalue weighted by molar-refractivity contribution is 0.104. The van der Waals surface area contributed by atoms with Gasteiger partial charge in [-0.3, -0.25) is 4.79 Å². The van der Waals surface area contributed by atoms with Gasteiger partial charge in [0.25, 0.3) is 0 Å². The van der Waals surface area contributed by atoms with E-state index >= 15 is 0 Å². The molecule has 4 heterocycles. The van der Waals surface area contributed by atoms with E-state index in [0.29, 0.717) is 6.08 Å². The highest BCUT2D eigenvalue weighted by atomic mass is 19.2. The summed E-state index contributed by atoms with van der Waals surface area (Å²) in [6, 6.07) is 9.34. The molecule has 0 saturated heterocycles. The van der Waals surface area contributed by atoms with Crippen molar-refractivity contribution in [3.63, 3.8) is 0 Å². The topological polar surface area (TPSA) is 89.5 Å². The van der Waals surface area contributed by atoms with Crippen molar-refractivity contribution in [3.05, 3.63) is 170 Å². The molecule has 0 bridgehead atoms. The normalized spacial score (nSPS) is 13.0. The van der Waals surface area contributed by atoms with E-state index in [1.54, 1.807) is 0 Å². The van der Waals surface area contributed by atoms with Crippen molar-refractivity contribution in [2.75, 3.05) is 0 Å². The molecule has 4 N–H and O–H groups in total. The summed E-state index contributed by atoms with van der Waals surface area (Å²) >= 11 is 0. The van der Waals surface area contributed by atoms with E-state index in [1.807, 2.05) is 0 Å². The molecular weight excluding hydrogens is 723 g/mol. The van der Waals surface area contributed by atoms with Crippen molar-refractivity contribution in [2.45, 2.75) is 11.8 Å². The molecule has 4 aromatic heterocycles. The van der Waals surface area contributed by atoms with Gasteiger partial charge in [-0.1, -0.05) is 0 Å². The summed E-state index contributed by atoms with van der Waals surface area (Å²) in [4.78, 5) is 23.5. The molecule has 52 heavy (non-hydrogen) atoms.